The average molecular weight is 384 g/mol. The van der Waals surface area contributed by atoms with Crippen LogP contribution in [0.5, 0.6) is 11.6 Å². The molecule has 1 aliphatic heterocycles. The Labute approximate surface area is 164 Å². The van der Waals surface area contributed by atoms with Gasteiger partial charge in [-0.1, -0.05) is 6.42 Å². The van der Waals surface area contributed by atoms with E-state index < -0.39 is 0 Å². The summed E-state index contributed by atoms with van der Waals surface area (Å²) in [5.74, 6) is 1.99. The van der Waals surface area contributed by atoms with Crippen LogP contribution in [0.4, 0.5) is 10.2 Å². The molecule has 0 unspecified atom stereocenters. The van der Waals surface area contributed by atoms with Gasteiger partial charge in [-0.05, 0) is 50.5 Å². The molecule has 6 nitrogen and oxygen atoms in total. The monoisotopic (exact) mass is 384 g/mol. The van der Waals surface area contributed by atoms with Crippen LogP contribution in [-0.2, 0) is 4.79 Å². The first-order valence-corrected chi connectivity index (χ1v) is 9.83. The molecular formula is C21H25FN4O2. The molecule has 1 aromatic carbocycles. The zero-order valence-electron chi connectivity index (χ0n) is 16.3. The van der Waals surface area contributed by atoms with Crippen LogP contribution in [0.15, 0.2) is 30.6 Å². The summed E-state index contributed by atoms with van der Waals surface area (Å²) in [4.78, 5) is 25.3. The van der Waals surface area contributed by atoms with Crippen molar-refractivity contribution in [3.63, 3.8) is 0 Å². The average Bonchev–Trinajstić information content (AvgIpc) is 2.63. The first-order valence-electron chi connectivity index (χ1n) is 9.83. The summed E-state index contributed by atoms with van der Waals surface area (Å²) >= 11 is 0. The standard InChI is InChI=1S/C21H25FN4O2/c1-14-10-17(22)6-7-18(14)28-20-11-19(23-13-24-20)25-8-9-26(15(2)12-25)21(27)16-4-3-5-16/h6-7,10-11,13,15-16H,3-5,8-9,12H2,1-2H3/t15-/m0/s1. The molecule has 2 aromatic rings. The molecule has 0 radical (unpaired) electrons. The summed E-state index contributed by atoms with van der Waals surface area (Å²) < 4.78 is 19.1. The van der Waals surface area contributed by atoms with Gasteiger partial charge >= 0.3 is 0 Å². The van der Waals surface area contributed by atoms with Crippen LogP contribution in [-0.4, -0.2) is 46.5 Å². The summed E-state index contributed by atoms with van der Waals surface area (Å²) in [5, 5.41) is 0. The number of piperazine rings is 1. The molecular weight excluding hydrogens is 359 g/mol. The van der Waals surface area contributed by atoms with Crippen LogP contribution in [0.3, 0.4) is 0 Å². The second-order valence-corrected chi connectivity index (χ2v) is 7.68. The van der Waals surface area contributed by atoms with Crippen molar-refractivity contribution in [1.82, 2.24) is 14.9 Å². The van der Waals surface area contributed by atoms with Gasteiger partial charge < -0.3 is 14.5 Å². The number of aryl methyl sites for hydroxylation is 1. The highest BCUT2D eigenvalue weighted by atomic mass is 19.1. The molecule has 4 rings (SSSR count). The summed E-state index contributed by atoms with van der Waals surface area (Å²) in [6, 6.07) is 6.32. The largest absolute Gasteiger partial charge is 0.439 e. The van der Waals surface area contributed by atoms with E-state index in [1.54, 1.807) is 19.1 Å². The molecule has 1 aromatic heterocycles. The number of aromatic nitrogens is 2. The van der Waals surface area contributed by atoms with Gasteiger partial charge in [-0.25, -0.2) is 14.4 Å². The molecule has 1 saturated heterocycles. The number of amides is 1. The minimum atomic E-state index is -0.295. The predicted molar refractivity (Wildman–Crippen MR) is 104 cm³/mol. The molecule has 7 heteroatoms. The molecule has 148 valence electrons. The number of nitrogens with zero attached hydrogens (tertiary/aromatic N) is 4. The number of carbonyl (C=O) groups excluding carboxylic acids is 1. The smallest absolute Gasteiger partial charge is 0.226 e. The number of carbonyl (C=O) groups is 1. The summed E-state index contributed by atoms with van der Waals surface area (Å²) in [5.41, 5.74) is 0.705. The van der Waals surface area contributed by atoms with Gasteiger partial charge in [-0.15, -0.1) is 0 Å². The van der Waals surface area contributed by atoms with E-state index in [2.05, 4.69) is 21.8 Å². The van der Waals surface area contributed by atoms with Crippen molar-refractivity contribution < 1.29 is 13.9 Å². The first-order chi connectivity index (χ1) is 13.5. The van der Waals surface area contributed by atoms with Crippen molar-refractivity contribution in [2.45, 2.75) is 39.2 Å². The fourth-order valence-electron chi connectivity index (χ4n) is 3.78. The quantitative estimate of drug-likeness (QED) is 0.807. The van der Waals surface area contributed by atoms with Gasteiger partial charge in [-0.3, -0.25) is 4.79 Å². The third-order valence-electron chi connectivity index (χ3n) is 5.67. The van der Waals surface area contributed by atoms with E-state index in [-0.39, 0.29) is 17.8 Å². The fourth-order valence-corrected chi connectivity index (χ4v) is 3.78. The number of hydrogen-bond acceptors (Lipinski definition) is 5. The van der Waals surface area contributed by atoms with Crippen LogP contribution in [0.25, 0.3) is 0 Å². The minimum absolute atomic E-state index is 0.139. The molecule has 1 amide bonds. The lowest BCUT2D eigenvalue weighted by atomic mass is 9.84. The van der Waals surface area contributed by atoms with Crippen LogP contribution in [0, 0.1) is 18.7 Å². The maximum Gasteiger partial charge on any atom is 0.226 e. The maximum absolute atomic E-state index is 13.3. The van der Waals surface area contributed by atoms with Crippen molar-refractivity contribution >= 4 is 11.7 Å². The van der Waals surface area contributed by atoms with Gasteiger partial charge in [-0.2, -0.15) is 0 Å². The predicted octanol–water partition coefficient (Wildman–Crippen LogP) is 3.55. The molecule has 0 N–H and O–H groups in total. The zero-order valence-corrected chi connectivity index (χ0v) is 16.3. The zero-order chi connectivity index (χ0) is 19.7. The Morgan fingerprint density at radius 2 is 2.04 bits per heavy atom. The van der Waals surface area contributed by atoms with E-state index in [0.717, 1.165) is 31.7 Å². The Morgan fingerprint density at radius 3 is 2.71 bits per heavy atom. The molecule has 2 heterocycles. The van der Waals surface area contributed by atoms with E-state index in [9.17, 15) is 9.18 Å². The van der Waals surface area contributed by atoms with Crippen LogP contribution in [0.2, 0.25) is 0 Å². The van der Waals surface area contributed by atoms with Gasteiger partial charge in [0, 0.05) is 37.7 Å². The van der Waals surface area contributed by atoms with E-state index in [0.29, 0.717) is 29.6 Å². The molecule has 0 spiro atoms. The van der Waals surface area contributed by atoms with Crippen molar-refractivity contribution in [1.29, 1.82) is 0 Å². The second kappa shape index (κ2) is 7.73. The van der Waals surface area contributed by atoms with Gasteiger partial charge in [0.25, 0.3) is 0 Å². The van der Waals surface area contributed by atoms with Gasteiger partial charge in [0.05, 0.1) is 0 Å². The van der Waals surface area contributed by atoms with Crippen molar-refractivity contribution in [2.75, 3.05) is 24.5 Å². The van der Waals surface area contributed by atoms with Gasteiger partial charge in [0.15, 0.2) is 0 Å². The summed E-state index contributed by atoms with van der Waals surface area (Å²) in [6.45, 7) is 6.04. The highest BCUT2D eigenvalue weighted by Crippen LogP contribution is 2.31. The Bertz CT molecular complexity index is 871. The van der Waals surface area contributed by atoms with E-state index >= 15 is 0 Å². The first kappa shape index (κ1) is 18.7. The number of halogens is 1. The van der Waals surface area contributed by atoms with Crippen LogP contribution in [0.1, 0.15) is 31.7 Å². The summed E-state index contributed by atoms with van der Waals surface area (Å²) in [7, 11) is 0. The number of anilines is 1. The molecule has 1 saturated carbocycles. The van der Waals surface area contributed by atoms with E-state index in [1.165, 1.54) is 24.9 Å². The van der Waals surface area contributed by atoms with Crippen LogP contribution < -0.4 is 9.64 Å². The summed E-state index contributed by atoms with van der Waals surface area (Å²) in [6.07, 6.45) is 4.70. The number of benzene rings is 1. The Hall–Kier alpha value is -2.70. The molecule has 1 aliphatic carbocycles. The molecule has 2 fully saturated rings. The molecule has 0 bridgehead atoms. The van der Waals surface area contributed by atoms with Crippen LogP contribution >= 0.6 is 0 Å². The van der Waals surface area contributed by atoms with E-state index in [1.807, 2.05) is 4.90 Å². The van der Waals surface area contributed by atoms with Gasteiger partial charge in [0.2, 0.25) is 11.8 Å². The second-order valence-electron chi connectivity index (χ2n) is 7.68. The van der Waals surface area contributed by atoms with Crippen molar-refractivity contribution in [2.24, 2.45) is 5.92 Å². The lowest BCUT2D eigenvalue weighted by Crippen LogP contribution is -2.56. The Kier molecular flexibility index (Phi) is 5.15. The fraction of sp³-hybridized carbons (Fsp3) is 0.476. The van der Waals surface area contributed by atoms with Gasteiger partial charge in [0.1, 0.15) is 23.7 Å². The number of hydrogen-bond donors (Lipinski definition) is 0. The Morgan fingerprint density at radius 1 is 1.21 bits per heavy atom. The lowest BCUT2D eigenvalue weighted by Gasteiger charge is -2.43. The molecule has 2 aliphatic rings. The highest BCUT2D eigenvalue weighted by molar-refractivity contribution is 5.80. The Balaban J connectivity index is 1.44. The number of ether oxygens (including phenoxy) is 1. The lowest BCUT2D eigenvalue weighted by molar-refractivity contribution is -0.140. The highest BCUT2D eigenvalue weighted by Gasteiger charge is 2.34. The number of rotatable bonds is 4. The van der Waals surface area contributed by atoms with Crippen molar-refractivity contribution in [3.05, 3.63) is 42.0 Å². The third kappa shape index (κ3) is 3.79. The van der Waals surface area contributed by atoms with E-state index in [4.69, 9.17) is 4.74 Å². The normalized spacial score (nSPS) is 20.0. The molecule has 1 atom stereocenters. The maximum atomic E-state index is 13.3. The minimum Gasteiger partial charge on any atom is -0.439 e. The SMILES string of the molecule is Cc1cc(F)ccc1Oc1cc(N2CCN(C(=O)C3CCC3)[C@@H](C)C2)ncn1. The topological polar surface area (TPSA) is 58.6 Å². The molecule has 28 heavy (non-hydrogen) atoms. The van der Waals surface area contributed by atoms with Crippen molar-refractivity contribution in [3.8, 4) is 11.6 Å². The third-order valence-corrected chi connectivity index (χ3v) is 5.67.